The van der Waals surface area contributed by atoms with Gasteiger partial charge in [0.2, 0.25) is 0 Å². The predicted molar refractivity (Wildman–Crippen MR) is 111 cm³/mol. The third-order valence-corrected chi connectivity index (χ3v) is 3.97. The number of allylic oxidation sites excluding steroid dienone is 1. The smallest absolute Gasteiger partial charge is 0.195 e. The van der Waals surface area contributed by atoms with E-state index in [0.29, 0.717) is 22.8 Å². The van der Waals surface area contributed by atoms with Gasteiger partial charge in [-0.1, -0.05) is 0 Å². The molecule has 1 aromatic carbocycles. The van der Waals surface area contributed by atoms with Gasteiger partial charge in [0.1, 0.15) is 5.76 Å². The van der Waals surface area contributed by atoms with Crippen molar-refractivity contribution in [3.8, 4) is 17.6 Å². The van der Waals surface area contributed by atoms with Crippen molar-refractivity contribution >= 4 is 29.9 Å². The molecule has 0 saturated heterocycles. The Hall–Kier alpha value is -2.62. The van der Waals surface area contributed by atoms with Crippen LogP contribution in [-0.2, 0) is 0 Å². The maximum Gasteiger partial charge on any atom is 0.195 e. The zero-order valence-corrected chi connectivity index (χ0v) is 17.2. The summed E-state index contributed by atoms with van der Waals surface area (Å²) < 4.78 is 16.4. The van der Waals surface area contributed by atoms with Gasteiger partial charge in [0.15, 0.2) is 17.4 Å². The van der Waals surface area contributed by atoms with E-state index in [1.54, 1.807) is 32.4 Å². The zero-order chi connectivity index (χ0) is 19.1. The van der Waals surface area contributed by atoms with Crippen LogP contribution in [0.3, 0.4) is 0 Å². The lowest BCUT2D eigenvalue weighted by molar-refractivity contribution is 0.355. The van der Waals surface area contributed by atoms with Crippen molar-refractivity contribution in [1.29, 1.82) is 5.26 Å². The molecule has 0 amide bonds. The van der Waals surface area contributed by atoms with Crippen molar-refractivity contribution < 1.29 is 13.9 Å². The number of methoxy groups -OCH3 is 2. The maximum absolute atomic E-state index is 9.54. The highest BCUT2D eigenvalue weighted by Gasteiger charge is 2.10. The van der Waals surface area contributed by atoms with Crippen LogP contribution in [0.1, 0.15) is 11.3 Å². The molecule has 0 unspecified atom stereocenters. The minimum Gasteiger partial charge on any atom is -0.493 e. The summed E-state index contributed by atoms with van der Waals surface area (Å²) in [4.78, 5) is 4.16. The van der Waals surface area contributed by atoms with E-state index in [0.717, 1.165) is 24.5 Å². The average Bonchev–Trinajstić information content (AvgIpc) is 3.12. The van der Waals surface area contributed by atoms with Crippen molar-refractivity contribution in [2.24, 2.45) is 0 Å². The van der Waals surface area contributed by atoms with Crippen LogP contribution in [0, 0.1) is 11.3 Å². The number of anilines is 1. The first kappa shape index (κ1) is 22.4. The number of hydrogen-bond acceptors (Lipinski definition) is 6. The molecular formula is C20H26ClN3O3. The van der Waals surface area contributed by atoms with Crippen LogP contribution in [0.5, 0.6) is 11.5 Å². The highest BCUT2D eigenvalue weighted by Crippen LogP contribution is 2.31. The second kappa shape index (κ2) is 10.5. The van der Waals surface area contributed by atoms with E-state index >= 15 is 0 Å². The van der Waals surface area contributed by atoms with Crippen LogP contribution in [0.15, 0.2) is 34.7 Å². The molecule has 0 atom stereocenters. The molecule has 2 rings (SSSR count). The molecule has 27 heavy (non-hydrogen) atoms. The SMILES string of the molecule is COc1ccc(C(C#N)=Cc2ccc(N(C)CCN(C)C)o2)cc1OC.Cl. The number of hydrogen-bond donors (Lipinski definition) is 0. The molecule has 0 spiro atoms. The van der Waals surface area contributed by atoms with E-state index in [-0.39, 0.29) is 12.4 Å². The monoisotopic (exact) mass is 391 g/mol. The van der Waals surface area contributed by atoms with Gasteiger partial charge in [-0.3, -0.25) is 0 Å². The summed E-state index contributed by atoms with van der Waals surface area (Å²) in [5, 5.41) is 9.54. The summed E-state index contributed by atoms with van der Waals surface area (Å²) in [6, 6.07) is 11.4. The first-order valence-corrected chi connectivity index (χ1v) is 8.28. The molecule has 1 aromatic heterocycles. The van der Waals surface area contributed by atoms with Crippen LogP contribution < -0.4 is 14.4 Å². The Balaban J connectivity index is 0.00000364. The number of nitrogens with zero attached hydrogens (tertiary/aromatic N) is 3. The molecule has 0 saturated carbocycles. The van der Waals surface area contributed by atoms with Crippen molar-refractivity contribution in [1.82, 2.24) is 4.90 Å². The summed E-state index contributed by atoms with van der Waals surface area (Å²) >= 11 is 0. The van der Waals surface area contributed by atoms with E-state index in [1.807, 2.05) is 44.2 Å². The number of ether oxygens (including phenoxy) is 2. The Bertz CT molecular complexity index is 809. The molecule has 0 aliphatic heterocycles. The molecule has 0 bridgehead atoms. The van der Waals surface area contributed by atoms with Gasteiger partial charge in [-0.25, -0.2) is 0 Å². The molecule has 0 radical (unpaired) electrons. The molecular weight excluding hydrogens is 366 g/mol. The van der Waals surface area contributed by atoms with Crippen LogP contribution in [0.4, 0.5) is 5.88 Å². The molecule has 7 heteroatoms. The molecule has 0 aliphatic carbocycles. The maximum atomic E-state index is 9.54. The Kier molecular flexibility index (Phi) is 8.73. The van der Waals surface area contributed by atoms with Crippen molar-refractivity contribution in [3.05, 3.63) is 41.7 Å². The van der Waals surface area contributed by atoms with Gasteiger partial charge >= 0.3 is 0 Å². The molecule has 2 aromatic rings. The van der Waals surface area contributed by atoms with Gasteiger partial charge < -0.3 is 23.7 Å². The highest BCUT2D eigenvalue weighted by atomic mass is 35.5. The zero-order valence-electron chi connectivity index (χ0n) is 16.4. The number of likely N-dealkylation sites (N-methyl/N-ethyl adjacent to an activating group) is 2. The van der Waals surface area contributed by atoms with E-state index in [9.17, 15) is 5.26 Å². The Morgan fingerprint density at radius 2 is 1.78 bits per heavy atom. The molecule has 0 N–H and O–H groups in total. The molecule has 1 heterocycles. The third-order valence-electron chi connectivity index (χ3n) is 3.97. The first-order valence-electron chi connectivity index (χ1n) is 8.28. The number of benzene rings is 1. The molecule has 146 valence electrons. The fraction of sp³-hybridized carbons (Fsp3) is 0.350. The summed E-state index contributed by atoms with van der Waals surface area (Å²) in [6.07, 6.45) is 1.73. The number of rotatable bonds is 8. The fourth-order valence-corrected chi connectivity index (χ4v) is 2.41. The minimum atomic E-state index is 0. The Labute approximate surface area is 167 Å². The van der Waals surface area contributed by atoms with Crippen molar-refractivity contribution in [3.63, 3.8) is 0 Å². The lowest BCUT2D eigenvalue weighted by Gasteiger charge is -2.18. The second-order valence-corrected chi connectivity index (χ2v) is 6.14. The molecule has 0 fully saturated rings. The predicted octanol–water partition coefficient (Wildman–Crippen LogP) is 3.78. The largest absolute Gasteiger partial charge is 0.493 e. The molecule has 6 nitrogen and oxygen atoms in total. The van der Waals surface area contributed by atoms with E-state index in [2.05, 4.69) is 11.0 Å². The quantitative estimate of drug-likeness (QED) is 0.638. The lowest BCUT2D eigenvalue weighted by atomic mass is 10.1. The standard InChI is InChI=1S/C20H25N3O3.ClH/c1-22(2)10-11-23(3)20-9-7-17(26-20)12-16(14-21)15-6-8-18(24-4)19(13-15)25-5;/h6-9,12-13H,10-11H2,1-5H3;1H. The topological polar surface area (TPSA) is 61.9 Å². The van der Waals surface area contributed by atoms with Gasteiger partial charge in [-0.2, -0.15) is 5.26 Å². The first-order chi connectivity index (χ1) is 12.5. The summed E-state index contributed by atoms with van der Waals surface area (Å²) in [6.45, 7) is 1.78. The van der Waals surface area contributed by atoms with Gasteiger partial charge in [0.25, 0.3) is 0 Å². The average molecular weight is 392 g/mol. The number of nitriles is 1. The lowest BCUT2D eigenvalue weighted by Crippen LogP contribution is -2.28. The van der Waals surface area contributed by atoms with Crippen LogP contribution in [-0.4, -0.2) is 53.4 Å². The Morgan fingerprint density at radius 3 is 2.37 bits per heavy atom. The minimum absolute atomic E-state index is 0. The van der Waals surface area contributed by atoms with Crippen LogP contribution >= 0.6 is 12.4 Å². The number of furan rings is 1. The van der Waals surface area contributed by atoms with Crippen molar-refractivity contribution in [2.75, 3.05) is 53.4 Å². The van der Waals surface area contributed by atoms with Crippen LogP contribution in [0.25, 0.3) is 11.6 Å². The van der Waals surface area contributed by atoms with E-state index in [4.69, 9.17) is 13.9 Å². The normalized spacial score (nSPS) is 10.9. The third kappa shape index (κ3) is 5.95. The van der Waals surface area contributed by atoms with E-state index < -0.39 is 0 Å². The van der Waals surface area contributed by atoms with Gasteiger partial charge in [0, 0.05) is 26.2 Å². The molecule has 0 aliphatic rings. The highest BCUT2D eigenvalue weighted by molar-refractivity contribution is 5.89. The van der Waals surface area contributed by atoms with Crippen LogP contribution in [0.2, 0.25) is 0 Å². The summed E-state index contributed by atoms with van der Waals surface area (Å²) in [7, 11) is 9.20. The summed E-state index contributed by atoms with van der Waals surface area (Å²) in [5.41, 5.74) is 1.23. The van der Waals surface area contributed by atoms with Gasteiger partial charge in [-0.05, 0) is 50.0 Å². The van der Waals surface area contributed by atoms with Gasteiger partial charge in [-0.15, -0.1) is 12.4 Å². The fourth-order valence-electron chi connectivity index (χ4n) is 2.41. The van der Waals surface area contributed by atoms with Gasteiger partial charge in [0.05, 0.1) is 25.9 Å². The Morgan fingerprint density at radius 1 is 1.07 bits per heavy atom. The van der Waals surface area contributed by atoms with Crippen molar-refractivity contribution in [2.45, 2.75) is 0 Å². The number of halogens is 1. The second-order valence-electron chi connectivity index (χ2n) is 6.14. The van der Waals surface area contributed by atoms with E-state index in [1.165, 1.54) is 0 Å². The summed E-state index contributed by atoms with van der Waals surface area (Å²) in [5.74, 6) is 2.59.